The maximum absolute atomic E-state index is 11.7. The van der Waals surface area contributed by atoms with Crippen molar-refractivity contribution in [3.8, 4) is 0 Å². The van der Waals surface area contributed by atoms with E-state index < -0.39 is 0 Å². The van der Waals surface area contributed by atoms with Crippen LogP contribution in [0.25, 0.3) is 11.0 Å². The van der Waals surface area contributed by atoms with Crippen LogP contribution in [0.15, 0.2) is 18.2 Å². The summed E-state index contributed by atoms with van der Waals surface area (Å²) in [6.45, 7) is 5.65. The molecule has 1 amide bonds. The number of carbonyl (C=O) groups is 1. The summed E-state index contributed by atoms with van der Waals surface area (Å²) in [5.74, 6) is 1.08. The van der Waals surface area contributed by atoms with Gasteiger partial charge in [-0.05, 0) is 44.0 Å². The Balaban J connectivity index is 1.90. The van der Waals surface area contributed by atoms with Gasteiger partial charge in [0.15, 0.2) is 5.65 Å². The van der Waals surface area contributed by atoms with Crippen LogP contribution in [0.2, 0.25) is 0 Å². The number of hydrogen-bond acceptors (Lipinski definition) is 4. The summed E-state index contributed by atoms with van der Waals surface area (Å²) in [6, 6.07) is 6.17. The number of carbonyl (C=O) groups excluding carboxylic acids is 1. The van der Waals surface area contributed by atoms with Gasteiger partial charge in [-0.1, -0.05) is 0 Å². The van der Waals surface area contributed by atoms with E-state index in [1.165, 1.54) is 5.56 Å². The number of hydrogen-bond donors (Lipinski definition) is 1. The van der Waals surface area contributed by atoms with Crippen LogP contribution >= 0.6 is 0 Å². The maximum Gasteiger partial charge on any atom is 0.224 e. The molecule has 2 aromatic rings. The predicted molar refractivity (Wildman–Crippen MR) is 83.4 cm³/mol. The molecule has 0 aromatic carbocycles. The second-order valence-corrected chi connectivity index (χ2v) is 5.67. The summed E-state index contributed by atoms with van der Waals surface area (Å²) in [7, 11) is 1.69. The highest BCUT2D eigenvalue weighted by Gasteiger charge is 2.28. The van der Waals surface area contributed by atoms with Crippen molar-refractivity contribution in [1.29, 1.82) is 0 Å². The zero-order chi connectivity index (χ0) is 15.0. The summed E-state index contributed by atoms with van der Waals surface area (Å²) in [4.78, 5) is 23.1. The van der Waals surface area contributed by atoms with E-state index in [0.717, 1.165) is 42.1 Å². The molecule has 1 atom stereocenters. The van der Waals surface area contributed by atoms with E-state index in [4.69, 9.17) is 0 Å². The number of fused-ring (bicyclic) bond motifs is 1. The fourth-order valence-corrected chi connectivity index (χ4v) is 2.98. The first-order chi connectivity index (χ1) is 10.1. The van der Waals surface area contributed by atoms with Gasteiger partial charge in [0.25, 0.3) is 0 Å². The predicted octanol–water partition coefficient (Wildman–Crippen LogP) is 1.82. The highest BCUT2D eigenvalue weighted by atomic mass is 16.1. The lowest BCUT2D eigenvalue weighted by Gasteiger charge is -2.17. The fourth-order valence-electron chi connectivity index (χ4n) is 2.98. The lowest BCUT2D eigenvalue weighted by molar-refractivity contribution is -0.123. The Labute approximate surface area is 124 Å². The van der Waals surface area contributed by atoms with Gasteiger partial charge in [0, 0.05) is 31.2 Å². The molecule has 1 saturated heterocycles. The molecule has 0 bridgehead atoms. The first kappa shape index (κ1) is 13.8. The molecule has 2 aromatic heterocycles. The van der Waals surface area contributed by atoms with E-state index in [2.05, 4.69) is 39.2 Å². The maximum atomic E-state index is 11.7. The van der Waals surface area contributed by atoms with Crippen molar-refractivity contribution in [2.45, 2.75) is 20.3 Å². The summed E-state index contributed by atoms with van der Waals surface area (Å²) in [5, 5.41) is 3.81. The van der Waals surface area contributed by atoms with E-state index >= 15 is 0 Å². The Bertz CT molecular complexity index is 698. The van der Waals surface area contributed by atoms with Crippen LogP contribution in [-0.4, -0.2) is 36.0 Å². The van der Waals surface area contributed by atoms with E-state index in [9.17, 15) is 4.79 Å². The van der Waals surface area contributed by atoms with Crippen molar-refractivity contribution in [3.63, 3.8) is 0 Å². The lowest BCUT2D eigenvalue weighted by atomic mass is 10.1. The minimum absolute atomic E-state index is 0.0553. The van der Waals surface area contributed by atoms with E-state index in [1.807, 2.05) is 13.0 Å². The van der Waals surface area contributed by atoms with Crippen LogP contribution in [-0.2, 0) is 4.79 Å². The van der Waals surface area contributed by atoms with Gasteiger partial charge in [-0.15, -0.1) is 0 Å². The lowest BCUT2D eigenvalue weighted by Crippen LogP contribution is -2.30. The van der Waals surface area contributed by atoms with E-state index in [1.54, 1.807) is 7.05 Å². The molecule has 0 aliphatic carbocycles. The van der Waals surface area contributed by atoms with Crippen molar-refractivity contribution in [3.05, 3.63) is 29.5 Å². The number of aromatic nitrogens is 2. The van der Waals surface area contributed by atoms with E-state index in [0.29, 0.717) is 0 Å². The number of nitrogens with one attached hydrogen (secondary N) is 1. The standard InChI is InChI=1S/C16H20N4O/c1-10-8-11(2)18-15-13(10)4-5-14(19-15)20-7-6-12(9-20)16(21)17-3/h4-5,8,12H,6-7,9H2,1-3H3,(H,17,21). The van der Waals surface area contributed by atoms with Crippen molar-refractivity contribution in [1.82, 2.24) is 15.3 Å². The summed E-state index contributed by atoms with van der Waals surface area (Å²) in [5.41, 5.74) is 2.96. The molecule has 0 spiro atoms. The highest BCUT2D eigenvalue weighted by Crippen LogP contribution is 2.25. The van der Waals surface area contributed by atoms with Crippen LogP contribution in [0.4, 0.5) is 5.82 Å². The largest absolute Gasteiger partial charge is 0.359 e. The highest BCUT2D eigenvalue weighted by molar-refractivity contribution is 5.81. The second kappa shape index (κ2) is 5.31. The molecule has 21 heavy (non-hydrogen) atoms. The van der Waals surface area contributed by atoms with E-state index in [-0.39, 0.29) is 11.8 Å². The monoisotopic (exact) mass is 284 g/mol. The fraction of sp³-hybridized carbons (Fsp3) is 0.438. The average molecular weight is 284 g/mol. The van der Waals surface area contributed by atoms with Crippen molar-refractivity contribution in [2.75, 3.05) is 25.0 Å². The Morgan fingerprint density at radius 3 is 2.90 bits per heavy atom. The van der Waals surface area contributed by atoms with Gasteiger partial charge in [0.2, 0.25) is 5.91 Å². The third-order valence-corrected chi connectivity index (χ3v) is 4.12. The van der Waals surface area contributed by atoms with Gasteiger partial charge in [0.1, 0.15) is 5.82 Å². The molecular formula is C16H20N4O. The Morgan fingerprint density at radius 1 is 1.33 bits per heavy atom. The topological polar surface area (TPSA) is 58.1 Å². The molecule has 3 rings (SSSR count). The molecule has 1 aliphatic heterocycles. The summed E-state index contributed by atoms with van der Waals surface area (Å²) in [6.07, 6.45) is 0.875. The van der Waals surface area contributed by atoms with Crippen LogP contribution in [0.5, 0.6) is 0 Å². The van der Waals surface area contributed by atoms with Crippen LogP contribution < -0.4 is 10.2 Å². The summed E-state index contributed by atoms with van der Waals surface area (Å²) < 4.78 is 0. The van der Waals surface area contributed by atoms with Gasteiger partial charge in [-0.2, -0.15) is 0 Å². The zero-order valence-electron chi connectivity index (χ0n) is 12.7. The first-order valence-corrected chi connectivity index (χ1v) is 7.30. The molecule has 1 unspecified atom stereocenters. The Kier molecular flexibility index (Phi) is 3.49. The average Bonchev–Trinajstić information content (AvgIpc) is 2.95. The normalized spacial score (nSPS) is 18.2. The quantitative estimate of drug-likeness (QED) is 0.914. The smallest absolute Gasteiger partial charge is 0.224 e. The Morgan fingerprint density at radius 2 is 2.14 bits per heavy atom. The number of rotatable bonds is 2. The minimum atomic E-state index is 0.0553. The second-order valence-electron chi connectivity index (χ2n) is 5.67. The van der Waals surface area contributed by atoms with Gasteiger partial charge in [0.05, 0.1) is 5.92 Å². The van der Waals surface area contributed by atoms with Crippen molar-refractivity contribution >= 4 is 22.8 Å². The van der Waals surface area contributed by atoms with Gasteiger partial charge in [-0.3, -0.25) is 4.79 Å². The van der Waals surface area contributed by atoms with Crippen LogP contribution in [0, 0.1) is 19.8 Å². The molecule has 5 heteroatoms. The summed E-state index contributed by atoms with van der Waals surface area (Å²) >= 11 is 0. The molecule has 3 heterocycles. The van der Waals surface area contributed by atoms with Gasteiger partial charge < -0.3 is 10.2 Å². The zero-order valence-corrected chi connectivity index (χ0v) is 12.7. The molecule has 0 saturated carbocycles. The number of amides is 1. The molecule has 110 valence electrons. The molecule has 0 radical (unpaired) electrons. The minimum Gasteiger partial charge on any atom is -0.359 e. The number of aryl methyl sites for hydroxylation is 2. The third kappa shape index (κ3) is 2.55. The van der Waals surface area contributed by atoms with Crippen LogP contribution in [0.3, 0.4) is 0 Å². The number of anilines is 1. The molecule has 1 N–H and O–H groups in total. The van der Waals surface area contributed by atoms with Crippen LogP contribution in [0.1, 0.15) is 17.7 Å². The van der Waals surface area contributed by atoms with Crippen molar-refractivity contribution < 1.29 is 4.79 Å². The van der Waals surface area contributed by atoms with Crippen molar-refractivity contribution in [2.24, 2.45) is 5.92 Å². The van der Waals surface area contributed by atoms with Gasteiger partial charge >= 0.3 is 0 Å². The number of nitrogens with zero attached hydrogens (tertiary/aromatic N) is 3. The third-order valence-electron chi connectivity index (χ3n) is 4.12. The molecule has 1 aliphatic rings. The molecule has 5 nitrogen and oxygen atoms in total. The first-order valence-electron chi connectivity index (χ1n) is 7.30. The molecular weight excluding hydrogens is 264 g/mol. The number of pyridine rings is 2. The Hall–Kier alpha value is -2.17. The SMILES string of the molecule is CNC(=O)C1CCN(c2ccc3c(C)cc(C)nc3n2)C1. The molecule has 1 fully saturated rings. The van der Waals surface area contributed by atoms with Gasteiger partial charge in [-0.25, -0.2) is 9.97 Å².